The SMILES string of the molecule is CN(C)c1cccc(C(=O)NNC(=S)Nc2cc(S(=O)(=O)N3CCOCC3)ccc2Cl)c1. The second kappa shape index (κ2) is 10.5. The van der Waals surface area contributed by atoms with Crippen LogP contribution < -0.4 is 21.1 Å². The number of thiocarbonyl (C=S) groups is 1. The molecule has 1 aliphatic heterocycles. The Morgan fingerprint density at radius 2 is 1.84 bits per heavy atom. The van der Waals surface area contributed by atoms with Crippen molar-refractivity contribution in [3.8, 4) is 0 Å². The number of nitrogens with zero attached hydrogens (tertiary/aromatic N) is 2. The highest BCUT2D eigenvalue weighted by atomic mass is 35.5. The molecule has 1 saturated heterocycles. The van der Waals surface area contributed by atoms with Gasteiger partial charge in [0.05, 0.1) is 28.8 Å². The zero-order chi connectivity index (χ0) is 23.3. The van der Waals surface area contributed by atoms with Crippen molar-refractivity contribution >= 4 is 56.2 Å². The first-order valence-corrected chi connectivity index (χ1v) is 11.9. The number of morpholine rings is 1. The molecule has 1 heterocycles. The van der Waals surface area contributed by atoms with Crippen molar-refractivity contribution in [1.29, 1.82) is 0 Å². The van der Waals surface area contributed by atoms with Crippen molar-refractivity contribution in [3.05, 3.63) is 53.1 Å². The van der Waals surface area contributed by atoms with E-state index in [-0.39, 0.29) is 34.0 Å². The summed E-state index contributed by atoms with van der Waals surface area (Å²) >= 11 is 11.4. The molecule has 0 unspecified atom stereocenters. The molecule has 0 spiro atoms. The van der Waals surface area contributed by atoms with Crippen LogP contribution >= 0.6 is 23.8 Å². The van der Waals surface area contributed by atoms with Crippen LogP contribution in [0.1, 0.15) is 10.4 Å². The fraction of sp³-hybridized carbons (Fsp3) is 0.300. The molecule has 0 bridgehead atoms. The summed E-state index contributed by atoms with van der Waals surface area (Å²) in [5.74, 6) is -0.382. The Labute approximate surface area is 197 Å². The number of rotatable bonds is 5. The Kier molecular flexibility index (Phi) is 7.91. The summed E-state index contributed by atoms with van der Waals surface area (Å²) in [6.07, 6.45) is 0. The molecule has 1 amide bonds. The van der Waals surface area contributed by atoms with E-state index < -0.39 is 10.0 Å². The topological polar surface area (TPSA) is 103 Å². The number of nitrogens with one attached hydrogen (secondary N) is 3. The fourth-order valence-electron chi connectivity index (χ4n) is 2.96. The zero-order valence-corrected chi connectivity index (χ0v) is 20.0. The molecule has 2 aromatic carbocycles. The fourth-order valence-corrected chi connectivity index (χ4v) is 4.72. The normalized spacial score (nSPS) is 14.5. The van der Waals surface area contributed by atoms with Crippen LogP contribution in [0.5, 0.6) is 0 Å². The second-order valence-electron chi connectivity index (χ2n) is 7.14. The quantitative estimate of drug-likeness (QED) is 0.426. The molecule has 0 aliphatic carbocycles. The Balaban J connectivity index is 1.65. The van der Waals surface area contributed by atoms with Gasteiger partial charge in [0.15, 0.2) is 5.11 Å². The summed E-state index contributed by atoms with van der Waals surface area (Å²) in [6, 6.07) is 11.4. The van der Waals surface area contributed by atoms with E-state index in [1.807, 2.05) is 25.1 Å². The van der Waals surface area contributed by atoms with E-state index in [1.165, 1.54) is 22.5 Å². The number of halogens is 1. The van der Waals surface area contributed by atoms with Crippen molar-refractivity contribution in [1.82, 2.24) is 15.2 Å². The van der Waals surface area contributed by atoms with Crippen molar-refractivity contribution < 1.29 is 17.9 Å². The molecule has 0 saturated carbocycles. The van der Waals surface area contributed by atoms with Crippen molar-refractivity contribution in [2.75, 3.05) is 50.6 Å². The molecule has 32 heavy (non-hydrogen) atoms. The molecule has 9 nitrogen and oxygen atoms in total. The Hall–Kier alpha value is -2.44. The van der Waals surface area contributed by atoms with Crippen LogP contribution in [0.2, 0.25) is 5.02 Å². The monoisotopic (exact) mass is 497 g/mol. The molecular weight excluding hydrogens is 474 g/mol. The van der Waals surface area contributed by atoms with Crippen LogP contribution in [0.3, 0.4) is 0 Å². The van der Waals surface area contributed by atoms with Gasteiger partial charge in [-0.1, -0.05) is 17.7 Å². The maximum Gasteiger partial charge on any atom is 0.269 e. The van der Waals surface area contributed by atoms with Gasteiger partial charge >= 0.3 is 0 Å². The summed E-state index contributed by atoms with van der Waals surface area (Å²) in [7, 11) is 0.0681. The lowest BCUT2D eigenvalue weighted by atomic mass is 10.2. The maximum atomic E-state index is 12.9. The number of hydrogen-bond donors (Lipinski definition) is 3. The van der Waals surface area contributed by atoms with Gasteiger partial charge in [-0.15, -0.1) is 0 Å². The predicted octanol–water partition coefficient (Wildman–Crippen LogP) is 2.06. The van der Waals surface area contributed by atoms with Crippen LogP contribution in [0.25, 0.3) is 0 Å². The number of hydrogen-bond acceptors (Lipinski definition) is 6. The molecule has 3 N–H and O–H groups in total. The van der Waals surface area contributed by atoms with Gasteiger partial charge in [-0.2, -0.15) is 4.31 Å². The molecular formula is C20H24ClN5O4S2. The third-order valence-electron chi connectivity index (χ3n) is 4.71. The molecule has 172 valence electrons. The number of carbonyl (C=O) groups excluding carboxylic acids is 1. The number of ether oxygens (including phenoxy) is 1. The number of hydrazine groups is 1. The van der Waals surface area contributed by atoms with Crippen molar-refractivity contribution in [2.45, 2.75) is 4.90 Å². The highest BCUT2D eigenvalue weighted by molar-refractivity contribution is 7.89. The van der Waals surface area contributed by atoms with E-state index in [9.17, 15) is 13.2 Å². The van der Waals surface area contributed by atoms with Crippen LogP contribution in [-0.2, 0) is 14.8 Å². The van der Waals surface area contributed by atoms with E-state index >= 15 is 0 Å². The molecule has 12 heteroatoms. The minimum atomic E-state index is -3.69. The first kappa shape index (κ1) is 24.2. The van der Waals surface area contributed by atoms with E-state index in [2.05, 4.69) is 16.2 Å². The van der Waals surface area contributed by atoms with E-state index in [1.54, 1.807) is 18.2 Å². The lowest BCUT2D eigenvalue weighted by molar-refractivity contribution is 0.0730. The van der Waals surface area contributed by atoms with Crippen LogP contribution in [0.15, 0.2) is 47.4 Å². The average Bonchev–Trinajstić information content (AvgIpc) is 2.79. The summed E-state index contributed by atoms with van der Waals surface area (Å²) in [6.45, 7) is 1.27. The summed E-state index contributed by atoms with van der Waals surface area (Å²) in [4.78, 5) is 14.4. The molecule has 0 atom stereocenters. The smallest absolute Gasteiger partial charge is 0.269 e. The van der Waals surface area contributed by atoms with Gasteiger partial charge in [0.1, 0.15) is 0 Å². The number of sulfonamides is 1. The predicted molar refractivity (Wildman–Crippen MR) is 129 cm³/mol. The largest absolute Gasteiger partial charge is 0.379 e. The van der Waals surface area contributed by atoms with Crippen LogP contribution in [0.4, 0.5) is 11.4 Å². The Bertz CT molecular complexity index is 1100. The Morgan fingerprint density at radius 3 is 2.53 bits per heavy atom. The van der Waals surface area contributed by atoms with Gasteiger partial charge in [0.2, 0.25) is 10.0 Å². The van der Waals surface area contributed by atoms with E-state index in [4.69, 9.17) is 28.6 Å². The third-order valence-corrected chi connectivity index (χ3v) is 7.14. The van der Waals surface area contributed by atoms with Gasteiger partial charge in [0.25, 0.3) is 5.91 Å². The van der Waals surface area contributed by atoms with E-state index in [0.717, 1.165) is 5.69 Å². The number of carbonyl (C=O) groups is 1. The van der Waals surface area contributed by atoms with Crippen molar-refractivity contribution in [2.24, 2.45) is 0 Å². The van der Waals surface area contributed by atoms with Gasteiger partial charge in [-0.25, -0.2) is 8.42 Å². The van der Waals surface area contributed by atoms with Gasteiger partial charge in [-0.05, 0) is 48.6 Å². The van der Waals surface area contributed by atoms with E-state index in [0.29, 0.717) is 24.5 Å². The number of amides is 1. The first-order valence-electron chi connectivity index (χ1n) is 9.70. The first-order chi connectivity index (χ1) is 15.2. The molecule has 2 aromatic rings. The standard InChI is InChI=1S/C20H24ClN5O4S2/c1-25(2)15-5-3-4-14(12-15)19(27)23-24-20(31)22-18-13-16(6-7-17(18)21)32(28,29)26-8-10-30-11-9-26/h3-7,12-13H,8-11H2,1-2H3,(H,23,27)(H2,22,24,31). The molecule has 3 rings (SSSR count). The van der Waals surface area contributed by atoms with Crippen molar-refractivity contribution in [3.63, 3.8) is 0 Å². The third kappa shape index (κ3) is 5.87. The second-order valence-corrected chi connectivity index (χ2v) is 9.89. The molecule has 0 aromatic heterocycles. The summed E-state index contributed by atoms with van der Waals surface area (Å²) in [5, 5.41) is 3.14. The average molecular weight is 498 g/mol. The molecule has 0 radical (unpaired) electrons. The van der Waals surface area contributed by atoms with Crippen LogP contribution in [0, 0.1) is 0 Å². The molecule has 1 fully saturated rings. The highest BCUT2D eigenvalue weighted by Crippen LogP contribution is 2.27. The van der Waals surface area contributed by atoms with Crippen LogP contribution in [-0.4, -0.2) is 64.1 Å². The lowest BCUT2D eigenvalue weighted by Crippen LogP contribution is -2.43. The number of anilines is 2. The zero-order valence-electron chi connectivity index (χ0n) is 17.6. The van der Waals surface area contributed by atoms with Gasteiger partial charge in [0, 0.05) is 38.4 Å². The van der Waals surface area contributed by atoms with Gasteiger partial charge in [-0.3, -0.25) is 15.6 Å². The minimum Gasteiger partial charge on any atom is -0.379 e. The minimum absolute atomic E-state index is 0.0462. The maximum absolute atomic E-state index is 12.9. The summed E-state index contributed by atoms with van der Waals surface area (Å²) < 4.78 is 32.3. The molecule has 1 aliphatic rings. The number of benzene rings is 2. The highest BCUT2D eigenvalue weighted by Gasteiger charge is 2.27. The summed E-state index contributed by atoms with van der Waals surface area (Å²) in [5.41, 5.74) is 6.72. The lowest BCUT2D eigenvalue weighted by Gasteiger charge is -2.26. The van der Waals surface area contributed by atoms with Gasteiger partial charge < -0.3 is 15.0 Å². The Morgan fingerprint density at radius 1 is 1.12 bits per heavy atom.